The fourth-order valence-corrected chi connectivity index (χ4v) is 1.42. The summed E-state index contributed by atoms with van der Waals surface area (Å²) in [6.07, 6.45) is -8.83. The van der Waals surface area contributed by atoms with Crippen molar-refractivity contribution in [2.24, 2.45) is 5.73 Å². The molecule has 21 heavy (non-hydrogen) atoms. The lowest BCUT2D eigenvalue weighted by molar-refractivity contribution is -0.286. The zero-order valence-electron chi connectivity index (χ0n) is 10.4. The number of halogens is 5. The Kier molecular flexibility index (Phi) is 3.24. The second-order valence-electron chi connectivity index (χ2n) is 4.48. The summed E-state index contributed by atoms with van der Waals surface area (Å²) in [5.41, 5.74) is 1.60. The molecule has 1 aliphatic rings. The Morgan fingerprint density at radius 1 is 1.24 bits per heavy atom. The van der Waals surface area contributed by atoms with Crippen LogP contribution in [-0.4, -0.2) is 23.9 Å². The number of anilines is 1. The number of amides is 1. The minimum Gasteiger partial charge on any atom is -0.395 e. The van der Waals surface area contributed by atoms with Crippen molar-refractivity contribution < 1.29 is 36.2 Å². The number of nitrogens with one attached hydrogen (secondary N) is 1. The number of carbonyl (C=O) groups is 1. The standard InChI is InChI=1S/C11H9F5N2O3/c1-9(17,10(12,13)14)8(19)18-5-2-3-6-7(4-5)21-11(15,16)20-6/h2-4H,17H2,1H3,(H,18,19). The molecule has 1 atom stereocenters. The number of ether oxygens (including phenoxy) is 2. The molecular weight excluding hydrogens is 303 g/mol. The van der Waals surface area contributed by atoms with Crippen LogP contribution in [0.2, 0.25) is 0 Å². The number of hydrogen-bond acceptors (Lipinski definition) is 4. The van der Waals surface area contributed by atoms with Gasteiger partial charge in [0.05, 0.1) is 0 Å². The summed E-state index contributed by atoms with van der Waals surface area (Å²) in [5.74, 6) is -2.26. The van der Waals surface area contributed by atoms with E-state index in [1.807, 2.05) is 5.32 Å². The van der Waals surface area contributed by atoms with E-state index in [0.29, 0.717) is 6.92 Å². The van der Waals surface area contributed by atoms with Gasteiger partial charge in [-0.2, -0.15) is 13.2 Å². The minimum atomic E-state index is -4.97. The van der Waals surface area contributed by atoms with Gasteiger partial charge in [-0.25, -0.2) is 0 Å². The van der Waals surface area contributed by atoms with Crippen molar-refractivity contribution in [2.45, 2.75) is 24.9 Å². The molecule has 0 radical (unpaired) electrons. The maximum Gasteiger partial charge on any atom is 0.586 e. The van der Waals surface area contributed by atoms with Gasteiger partial charge in [-0.15, -0.1) is 8.78 Å². The first kappa shape index (κ1) is 15.3. The molecule has 0 spiro atoms. The third-order valence-corrected chi connectivity index (χ3v) is 2.72. The maximum absolute atomic E-state index is 12.8. The van der Waals surface area contributed by atoms with Crippen LogP contribution in [0.25, 0.3) is 0 Å². The summed E-state index contributed by atoms with van der Waals surface area (Å²) < 4.78 is 71.5. The molecule has 3 N–H and O–H groups in total. The minimum absolute atomic E-state index is 0.194. The maximum atomic E-state index is 12.8. The van der Waals surface area contributed by atoms with E-state index in [9.17, 15) is 26.7 Å². The summed E-state index contributed by atoms with van der Waals surface area (Å²) in [4.78, 5) is 11.5. The Labute approximate surface area is 114 Å². The molecule has 0 saturated carbocycles. The highest BCUT2D eigenvalue weighted by atomic mass is 19.4. The first-order chi connectivity index (χ1) is 9.42. The van der Waals surface area contributed by atoms with Gasteiger partial charge < -0.3 is 20.5 Å². The molecule has 0 saturated heterocycles. The van der Waals surface area contributed by atoms with Gasteiger partial charge in [-0.3, -0.25) is 4.79 Å². The summed E-state index contributed by atoms with van der Waals surface area (Å²) in [6, 6.07) is 3.00. The van der Waals surface area contributed by atoms with Crippen LogP contribution in [0.15, 0.2) is 18.2 Å². The molecule has 2 rings (SSSR count). The van der Waals surface area contributed by atoms with Gasteiger partial charge in [0.15, 0.2) is 17.0 Å². The van der Waals surface area contributed by atoms with E-state index in [1.165, 1.54) is 0 Å². The smallest absolute Gasteiger partial charge is 0.395 e. The van der Waals surface area contributed by atoms with Crippen molar-refractivity contribution in [3.63, 3.8) is 0 Å². The largest absolute Gasteiger partial charge is 0.586 e. The van der Waals surface area contributed by atoms with Crippen LogP contribution < -0.4 is 20.5 Å². The van der Waals surface area contributed by atoms with E-state index in [0.717, 1.165) is 18.2 Å². The molecule has 0 bridgehead atoms. The molecule has 0 aromatic heterocycles. The number of hydrogen-bond donors (Lipinski definition) is 2. The van der Waals surface area contributed by atoms with Crippen molar-refractivity contribution in [2.75, 3.05) is 5.32 Å². The van der Waals surface area contributed by atoms with Gasteiger partial charge in [0.25, 0.3) is 5.91 Å². The summed E-state index contributed by atoms with van der Waals surface area (Å²) in [5, 5.41) is 1.88. The predicted molar refractivity (Wildman–Crippen MR) is 59.9 cm³/mol. The Balaban J connectivity index is 2.18. The topological polar surface area (TPSA) is 73.6 Å². The van der Waals surface area contributed by atoms with Crippen LogP contribution in [0.5, 0.6) is 11.5 Å². The Hall–Kier alpha value is -2.10. The van der Waals surface area contributed by atoms with Crippen molar-refractivity contribution in [3.8, 4) is 11.5 Å². The van der Waals surface area contributed by atoms with E-state index < -0.39 is 29.7 Å². The van der Waals surface area contributed by atoms with Crippen LogP contribution in [-0.2, 0) is 4.79 Å². The first-order valence-electron chi connectivity index (χ1n) is 5.49. The molecule has 1 aromatic carbocycles. The van der Waals surface area contributed by atoms with E-state index in [2.05, 4.69) is 9.47 Å². The zero-order valence-corrected chi connectivity index (χ0v) is 10.4. The number of rotatable bonds is 2. The highest BCUT2D eigenvalue weighted by Crippen LogP contribution is 2.42. The van der Waals surface area contributed by atoms with Crippen molar-refractivity contribution in [3.05, 3.63) is 18.2 Å². The van der Waals surface area contributed by atoms with Gasteiger partial charge in [0.1, 0.15) is 0 Å². The van der Waals surface area contributed by atoms with Crippen LogP contribution in [0.4, 0.5) is 27.6 Å². The normalized spacial score (nSPS) is 19.0. The number of benzene rings is 1. The molecule has 1 aliphatic heterocycles. The van der Waals surface area contributed by atoms with Gasteiger partial charge in [-0.1, -0.05) is 0 Å². The molecular formula is C11H9F5N2O3. The Morgan fingerprint density at radius 3 is 2.38 bits per heavy atom. The SMILES string of the molecule is CC(N)(C(=O)Nc1ccc2c(c1)OC(F)(F)O2)C(F)(F)F. The lowest BCUT2D eigenvalue weighted by Crippen LogP contribution is -2.59. The molecule has 116 valence electrons. The Morgan fingerprint density at radius 2 is 1.81 bits per heavy atom. The number of nitrogens with two attached hydrogens (primary N) is 1. The molecule has 1 unspecified atom stereocenters. The van der Waals surface area contributed by atoms with E-state index in [1.54, 1.807) is 0 Å². The molecule has 5 nitrogen and oxygen atoms in total. The van der Waals surface area contributed by atoms with Crippen LogP contribution >= 0.6 is 0 Å². The average Bonchev–Trinajstić information content (AvgIpc) is 2.60. The highest BCUT2D eigenvalue weighted by Gasteiger charge is 2.54. The zero-order chi connectivity index (χ0) is 16.1. The van der Waals surface area contributed by atoms with E-state index >= 15 is 0 Å². The first-order valence-corrected chi connectivity index (χ1v) is 5.49. The van der Waals surface area contributed by atoms with Gasteiger partial charge >= 0.3 is 12.5 Å². The van der Waals surface area contributed by atoms with Crippen LogP contribution in [0.3, 0.4) is 0 Å². The average molecular weight is 312 g/mol. The van der Waals surface area contributed by atoms with Crippen LogP contribution in [0, 0.1) is 0 Å². The van der Waals surface area contributed by atoms with Crippen molar-refractivity contribution in [1.82, 2.24) is 0 Å². The highest BCUT2D eigenvalue weighted by molar-refractivity contribution is 5.98. The van der Waals surface area contributed by atoms with E-state index in [-0.39, 0.29) is 11.4 Å². The molecule has 0 fully saturated rings. The van der Waals surface area contributed by atoms with Gasteiger partial charge in [0.2, 0.25) is 0 Å². The fourth-order valence-electron chi connectivity index (χ4n) is 1.42. The molecule has 10 heteroatoms. The second kappa shape index (κ2) is 4.45. The van der Waals surface area contributed by atoms with Crippen LogP contribution in [0.1, 0.15) is 6.92 Å². The number of alkyl halides is 5. The summed E-state index contributed by atoms with van der Waals surface area (Å²) in [7, 11) is 0. The summed E-state index contributed by atoms with van der Waals surface area (Å²) >= 11 is 0. The monoisotopic (exact) mass is 312 g/mol. The molecule has 1 amide bonds. The van der Waals surface area contributed by atoms with Gasteiger partial charge in [0, 0.05) is 11.8 Å². The lowest BCUT2D eigenvalue weighted by atomic mass is 10.0. The third kappa shape index (κ3) is 2.84. The van der Waals surface area contributed by atoms with Crippen molar-refractivity contribution in [1.29, 1.82) is 0 Å². The predicted octanol–water partition coefficient (Wildman–Crippen LogP) is 2.23. The fraction of sp³-hybridized carbons (Fsp3) is 0.364. The quantitative estimate of drug-likeness (QED) is 0.821. The Bertz CT molecular complexity index is 586. The molecule has 1 aromatic rings. The lowest BCUT2D eigenvalue weighted by Gasteiger charge is -2.26. The number of carbonyl (C=O) groups excluding carboxylic acids is 1. The van der Waals surface area contributed by atoms with Crippen molar-refractivity contribution >= 4 is 11.6 Å². The van der Waals surface area contributed by atoms with E-state index in [4.69, 9.17) is 5.73 Å². The third-order valence-electron chi connectivity index (χ3n) is 2.72. The molecule has 1 heterocycles. The summed E-state index contributed by atoms with van der Waals surface area (Å²) in [6.45, 7) is 0.490. The molecule has 0 aliphatic carbocycles. The second-order valence-corrected chi connectivity index (χ2v) is 4.48. The number of fused-ring (bicyclic) bond motifs is 1. The van der Waals surface area contributed by atoms with Gasteiger partial charge in [-0.05, 0) is 19.1 Å².